The first kappa shape index (κ1) is 18.5. The van der Waals surface area contributed by atoms with Crippen molar-refractivity contribution < 1.29 is 9.59 Å². The lowest BCUT2D eigenvalue weighted by Crippen LogP contribution is -2.33. The zero-order chi connectivity index (χ0) is 18.6. The van der Waals surface area contributed by atoms with Gasteiger partial charge >= 0.3 is 0 Å². The quantitative estimate of drug-likeness (QED) is 0.789. The van der Waals surface area contributed by atoms with E-state index >= 15 is 0 Å². The van der Waals surface area contributed by atoms with Crippen molar-refractivity contribution in [2.24, 2.45) is 11.8 Å². The van der Waals surface area contributed by atoms with Crippen molar-refractivity contribution in [2.45, 2.75) is 77.0 Å². The first-order valence-electron chi connectivity index (χ1n) is 10.9. The van der Waals surface area contributed by atoms with E-state index in [1.54, 1.807) is 0 Å². The number of fused-ring (bicyclic) bond motifs is 1. The van der Waals surface area contributed by atoms with Gasteiger partial charge in [0.2, 0.25) is 11.8 Å². The van der Waals surface area contributed by atoms with Crippen LogP contribution < -0.4 is 10.2 Å². The summed E-state index contributed by atoms with van der Waals surface area (Å²) in [7, 11) is 0. The van der Waals surface area contributed by atoms with E-state index in [2.05, 4.69) is 11.4 Å². The zero-order valence-electron chi connectivity index (χ0n) is 16.3. The molecule has 0 atom stereocenters. The molecule has 4 heteroatoms. The van der Waals surface area contributed by atoms with Gasteiger partial charge in [0, 0.05) is 30.3 Å². The fraction of sp³-hybridized carbons (Fsp3) is 0.652. The van der Waals surface area contributed by atoms with Crippen LogP contribution >= 0.6 is 0 Å². The second-order valence-electron chi connectivity index (χ2n) is 8.66. The number of rotatable bonds is 5. The predicted molar refractivity (Wildman–Crippen MR) is 109 cm³/mol. The molecule has 1 aromatic rings. The van der Waals surface area contributed by atoms with Crippen LogP contribution in [0.1, 0.15) is 76.2 Å². The number of benzene rings is 1. The Kier molecular flexibility index (Phi) is 5.80. The van der Waals surface area contributed by atoms with E-state index in [1.807, 2.05) is 17.0 Å². The van der Waals surface area contributed by atoms with Gasteiger partial charge in [-0.15, -0.1) is 0 Å². The van der Waals surface area contributed by atoms with Gasteiger partial charge < -0.3 is 10.2 Å². The van der Waals surface area contributed by atoms with Crippen LogP contribution in [-0.2, 0) is 16.0 Å². The Balaban J connectivity index is 1.36. The molecule has 4 nitrogen and oxygen atoms in total. The molecule has 146 valence electrons. The Morgan fingerprint density at radius 3 is 2.52 bits per heavy atom. The number of hydrogen-bond acceptors (Lipinski definition) is 2. The van der Waals surface area contributed by atoms with E-state index in [0.717, 1.165) is 49.5 Å². The molecule has 0 spiro atoms. The highest BCUT2D eigenvalue weighted by atomic mass is 16.2. The SMILES string of the molecule is O=C(CCC1CCCCC1)Nc1ccc2c(c1)N(C(=O)C1CCCC1)CC2. The molecule has 1 N–H and O–H groups in total. The maximum atomic E-state index is 12.9. The zero-order valence-corrected chi connectivity index (χ0v) is 16.3. The Morgan fingerprint density at radius 1 is 1.00 bits per heavy atom. The lowest BCUT2D eigenvalue weighted by atomic mass is 9.86. The van der Waals surface area contributed by atoms with Crippen molar-refractivity contribution in [1.82, 2.24) is 0 Å². The van der Waals surface area contributed by atoms with Gasteiger partial charge in [-0.05, 0) is 49.3 Å². The van der Waals surface area contributed by atoms with E-state index in [-0.39, 0.29) is 17.7 Å². The number of hydrogen-bond donors (Lipinski definition) is 1. The summed E-state index contributed by atoms with van der Waals surface area (Å²) < 4.78 is 0. The highest BCUT2D eigenvalue weighted by molar-refractivity contribution is 5.98. The van der Waals surface area contributed by atoms with E-state index in [9.17, 15) is 9.59 Å². The standard InChI is InChI=1S/C23H32N2O2/c26-22(13-10-17-6-2-1-3-7-17)24-20-12-11-18-14-15-25(21(18)16-20)23(27)19-8-4-5-9-19/h11-12,16-17,19H,1-10,13-15H2,(H,24,26). The average Bonchev–Trinajstić information content (AvgIpc) is 3.36. The van der Waals surface area contributed by atoms with Crippen LogP contribution in [-0.4, -0.2) is 18.4 Å². The van der Waals surface area contributed by atoms with E-state index in [4.69, 9.17) is 0 Å². The van der Waals surface area contributed by atoms with Gasteiger partial charge in [0.05, 0.1) is 0 Å². The normalized spacial score (nSPS) is 20.7. The number of nitrogens with one attached hydrogen (secondary N) is 1. The Hall–Kier alpha value is -1.84. The topological polar surface area (TPSA) is 49.4 Å². The van der Waals surface area contributed by atoms with Crippen molar-refractivity contribution in [3.8, 4) is 0 Å². The summed E-state index contributed by atoms with van der Waals surface area (Å²) in [6.45, 7) is 0.781. The van der Waals surface area contributed by atoms with Gasteiger partial charge in [0.25, 0.3) is 0 Å². The molecule has 2 saturated carbocycles. The molecule has 3 aliphatic rings. The van der Waals surface area contributed by atoms with Gasteiger partial charge in [-0.1, -0.05) is 51.0 Å². The smallest absolute Gasteiger partial charge is 0.230 e. The van der Waals surface area contributed by atoms with Gasteiger partial charge in [0.1, 0.15) is 0 Å². The highest BCUT2D eigenvalue weighted by Gasteiger charge is 2.32. The first-order valence-corrected chi connectivity index (χ1v) is 10.9. The van der Waals surface area contributed by atoms with Crippen LogP contribution in [0.25, 0.3) is 0 Å². The van der Waals surface area contributed by atoms with Gasteiger partial charge in [-0.25, -0.2) is 0 Å². The van der Waals surface area contributed by atoms with Crippen LogP contribution in [0, 0.1) is 11.8 Å². The Bertz CT molecular complexity index is 688. The summed E-state index contributed by atoms with van der Waals surface area (Å²) in [6, 6.07) is 6.07. The molecule has 0 saturated heterocycles. The maximum Gasteiger partial charge on any atom is 0.230 e. The monoisotopic (exact) mass is 368 g/mol. The number of carbonyl (C=O) groups is 2. The van der Waals surface area contributed by atoms with E-state index in [0.29, 0.717) is 6.42 Å². The van der Waals surface area contributed by atoms with Crippen LogP contribution in [0.3, 0.4) is 0 Å². The molecule has 4 rings (SSSR count). The minimum atomic E-state index is 0.104. The summed E-state index contributed by atoms with van der Waals surface area (Å²) in [5.74, 6) is 1.31. The second-order valence-corrected chi connectivity index (χ2v) is 8.66. The summed E-state index contributed by atoms with van der Waals surface area (Å²) in [6.07, 6.45) is 13.5. The molecule has 0 aromatic heterocycles. The summed E-state index contributed by atoms with van der Waals surface area (Å²) >= 11 is 0. The van der Waals surface area contributed by atoms with Crippen molar-refractivity contribution in [3.05, 3.63) is 23.8 Å². The van der Waals surface area contributed by atoms with Crippen molar-refractivity contribution in [1.29, 1.82) is 0 Å². The second kappa shape index (κ2) is 8.45. The van der Waals surface area contributed by atoms with Crippen LogP contribution in [0.4, 0.5) is 11.4 Å². The van der Waals surface area contributed by atoms with E-state index < -0.39 is 0 Å². The number of nitrogens with zero attached hydrogens (tertiary/aromatic N) is 1. The molecule has 27 heavy (non-hydrogen) atoms. The molecule has 1 heterocycles. The molecular weight excluding hydrogens is 336 g/mol. The molecule has 2 fully saturated rings. The van der Waals surface area contributed by atoms with Gasteiger partial charge in [-0.3, -0.25) is 9.59 Å². The fourth-order valence-corrected chi connectivity index (χ4v) is 5.11. The Labute approximate surface area is 162 Å². The molecular formula is C23H32N2O2. The van der Waals surface area contributed by atoms with Crippen molar-refractivity contribution in [2.75, 3.05) is 16.8 Å². The number of carbonyl (C=O) groups excluding carboxylic acids is 2. The third-order valence-corrected chi connectivity index (χ3v) is 6.74. The molecule has 0 bridgehead atoms. The number of anilines is 2. The minimum absolute atomic E-state index is 0.104. The van der Waals surface area contributed by atoms with Gasteiger partial charge in [0.15, 0.2) is 0 Å². The van der Waals surface area contributed by atoms with E-state index in [1.165, 1.54) is 50.5 Å². The lowest BCUT2D eigenvalue weighted by molar-refractivity contribution is -0.122. The number of amides is 2. The predicted octanol–water partition coefficient (Wildman–Crippen LogP) is 5.06. The van der Waals surface area contributed by atoms with Gasteiger partial charge in [-0.2, -0.15) is 0 Å². The molecule has 1 aliphatic heterocycles. The van der Waals surface area contributed by atoms with Crippen LogP contribution in [0.2, 0.25) is 0 Å². The van der Waals surface area contributed by atoms with Crippen LogP contribution in [0.15, 0.2) is 18.2 Å². The summed E-state index contributed by atoms with van der Waals surface area (Å²) in [5, 5.41) is 3.06. The highest BCUT2D eigenvalue weighted by Crippen LogP contribution is 2.35. The molecule has 2 aliphatic carbocycles. The van der Waals surface area contributed by atoms with Crippen LogP contribution in [0.5, 0.6) is 0 Å². The summed E-state index contributed by atoms with van der Waals surface area (Å²) in [4.78, 5) is 27.2. The molecule has 2 amide bonds. The first-order chi connectivity index (χ1) is 13.2. The minimum Gasteiger partial charge on any atom is -0.326 e. The lowest BCUT2D eigenvalue weighted by Gasteiger charge is -2.22. The average molecular weight is 369 g/mol. The van der Waals surface area contributed by atoms with Crippen molar-refractivity contribution >= 4 is 23.2 Å². The van der Waals surface area contributed by atoms with Crippen molar-refractivity contribution in [3.63, 3.8) is 0 Å². The molecule has 0 radical (unpaired) electrons. The third kappa shape index (κ3) is 4.36. The summed E-state index contributed by atoms with van der Waals surface area (Å²) in [5.41, 5.74) is 3.06. The maximum absolute atomic E-state index is 12.9. The third-order valence-electron chi connectivity index (χ3n) is 6.74. The fourth-order valence-electron chi connectivity index (χ4n) is 5.11. The molecule has 1 aromatic carbocycles. The molecule has 0 unspecified atom stereocenters. The largest absolute Gasteiger partial charge is 0.326 e. The Morgan fingerprint density at radius 2 is 1.74 bits per heavy atom.